The van der Waals surface area contributed by atoms with Crippen LogP contribution < -0.4 is 5.32 Å². The molecule has 0 aliphatic heterocycles. The van der Waals surface area contributed by atoms with E-state index in [1.54, 1.807) is 0 Å². The lowest BCUT2D eigenvalue weighted by atomic mass is 10.0. The summed E-state index contributed by atoms with van der Waals surface area (Å²) in [5.41, 5.74) is 0. The first-order chi connectivity index (χ1) is 7.22. The van der Waals surface area contributed by atoms with Gasteiger partial charge in [0.25, 0.3) is 0 Å². The van der Waals surface area contributed by atoms with Crippen molar-refractivity contribution in [3.63, 3.8) is 0 Å². The number of hydrogen-bond acceptors (Lipinski definition) is 2. The molecule has 0 bridgehead atoms. The Morgan fingerprint density at radius 2 is 1.73 bits per heavy atom. The van der Waals surface area contributed by atoms with E-state index in [1.165, 1.54) is 38.5 Å². The molecule has 1 saturated carbocycles. The second-order valence-electron chi connectivity index (χ2n) is 5.36. The van der Waals surface area contributed by atoms with Crippen LogP contribution in [0.2, 0.25) is 0 Å². The molecule has 0 unspecified atom stereocenters. The Hall–Kier alpha value is -0.0800. The smallest absolute Gasteiger partial charge is 0.0584 e. The summed E-state index contributed by atoms with van der Waals surface area (Å²) in [6.07, 6.45) is 9.20. The molecule has 1 aliphatic rings. The number of aliphatic hydroxyl groups is 1. The van der Waals surface area contributed by atoms with Crippen molar-refractivity contribution in [2.45, 2.75) is 70.9 Å². The van der Waals surface area contributed by atoms with Gasteiger partial charge in [0.2, 0.25) is 0 Å². The maximum absolute atomic E-state index is 9.31. The minimum absolute atomic E-state index is 0.286. The minimum Gasteiger partial charge on any atom is -0.395 e. The molecule has 1 rings (SSSR count). The molecule has 90 valence electrons. The van der Waals surface area contributed by atoms with Crippen LogP contribution in [0.5, 0.6) is 0 Å². The Morgan fingerprint density at radius 1 is 1.13 bits per heavy atom. The third-order valence-corrected chi connectivity index (χ3v) is 3.30. The second-order valence-corrected chi connectivity index (χ2v) is 5.36. The molecule has 0 spiro atoms. The predicted octanol–water partition coefficient (Wildman–Crippen LogP) is 2.71. The Bertz CT molecular complexity index is 151. The van der Waals surface area contributed by atoms with Gasteiger partial charge in [-0.2, -0.15) is 0 Å². The number of aliphatic hydroxyl groups excluding tert-OH is 1. The van der Waals surface area contributed by atoms with E-state index in [0.29, 0.717) is 18.0 Å². The van der Waals surface area contributed by atoms with Crippen molar-refractivity contribution < 1.29 is 5.11 Å². The van der Waals surface area contributed by atoms with Gasteiger partial charge < -0.3 is 10.4 Å². The van der Waals surface area contributed by atoms with E-state index in [2.05, 4.69) is 19.2 Å². The highest BCUT2D eigenvalue weighted by atomic mass is 16.3. The Balaban J connectivity index is 2.28. The summed E-state index contributed by atoms with van der Waals surface area (Å²) in [4.78, 5) is 0. The molecule has 2 heteroatoms. The highest BCUT2D eigenvalue weighted by molar-refractivity contribution is 4.76. The summed E-state index contributed by atoms with van der Waals surface area (Å²) in [7, 11) is 0. The van der Waals surface area contributed by atoms with Crippen LogP contribution in [0.1, 0.15) is 58.8 Å². The maximum atomic E-state index is 9.31. The van der Waals surface area contributed by atoms with E-state index < -0.39 is 0 Å². The molecule has 0 radical (unpaired) electrons. The van der Waals surface area contributed by atoms with Gasteiger partial charge in [0, 0.05) is 12.1 Å². The second kappa shape index (κ2) is 7.24. The third kappa shape index (κ3) is 5.53. The largest absolute Gasteiger partial charge is 0.395 e. The zero-order chi connectivity index (χ0) is 11.1. The highest BCUT2D eigenvalue weighted by Crippen LogP contribution is 2.18. The molecule has 0 aromatic rings. The van der Waals surface area contributed by atoms with Gasteiger partial charge in [-0.25, -0.2) is 0 Å². The van der Waals surface area contributed by atoms with Crippen LogP contribution in [0.15, 0.2) is 0 Å². The van der Waals surface area contributed by atoms with Crippen LogP contribution in [0, 0.1) is 5.92 Å². The first-order valence-corrected chi connectivity index (χ1v) is 6.59. The predicted molar refractivity (Wildman–Crippen MR) is 65.0 cm³/mol. The van der Waals surface area contributed by atoms with Gasteiger partial charge in [-0.15, -0.1) is 0 Å². The van der Waals surface area contributed by atoms with Gasteiger partial charge in [0.1, 0.15) is 0 Å². The SMILES string of the molecule is CC(C)C[C@@H](CO)NC1CCCCCC1. The van der Waals surface area contributed by atoms with E-state index >= 15 is 0 Å². The molecule has 1 fully saturated rings. The van der Waals surface area contributed by atoms with Gasteiger partial charge in [-0.05, 0) is 25.2 Å². The van der Waals surface area contributed by atoms with E-state index in [9.17, 15) is 5.11 Å². The lowest BCUT2D eigenvalue weighted by Crippen LogP contribution is -2.41. The van der Waals surface area contributed by atoms with Gasteiger partial charge in [0.15, 0.2) is 0 Å². The van der Waals surface area contributed by atoms with Crippen LogP contribution in [0.3, 0.4) is 0 Å². The Morgan fingerprint density at radius 3 is 2.20 bits per heavy atom. The van der Waals surface area contributed by atoms with Crippen molar-refractivity contribution in [2.75, 3.05) is 6.61 Å². The Labute approximate surface area is 94.5 Å². The van der Waals surface area contributed by atoms with Gasteiger partial charge in [-0.1, -0.05) is 39.5 Å². The summed E-state index contributed by atoms with van der Waals surface area (Å²) in [5, 5.41) is 12.9. The topological polar surface area (TPSA) is 32.3 Å². The molecule has 0 saturated heterocycles. The Kier molecular flexibility index (Phi) is 6.26. The first-order valence-electron chi connectivity index (χ1n) is 6.59. The van der Waals surface area contributed by atoms with Crippen LogP contribution in [-0.4, -0.2) is 23.8 Å². The summed E-state index contributed by atoms with van der Waals surface area (Å²) in [6.45, 7) is 4.73. The van der Waals surface area contributed by atoms with E-state index in [-0.39, 0.29) is 6.61 Å². The molecule has 15 heavy (non-hydrogen) atoms. The summed E-state index contributed by atoms with van der Waals surface area (Å²) in [5.74, 6) is 0.667. The van der Waals surface area contributed by atoms with Crippen molar-refractivity contribution in [3.05, 3.63) is 0 Å². The van der Waals surface area contributed by atoms with Crippen molar-refractivity contribution in [1.82, 2.24) is 5.32 Å². The van der Waals surface area contributed by atoms with E-state index in [1.807, 2.05) is 0 Å². The minimum atomic E-state index is 0.286. The van der Waals surface area contributed by atoms with Crippen molar-refractivity contribution in [2.24, 2.45) is 5.92 Å². The van der Waals surface area contributed by atoms with Crippen molar-refractivity contribution >= 4 is 0 Å². The third-order valence-electron chi connectivity index (χ3n) is 3.30. The normalized spacial score (nSPS) is 21.6. The van der Waals surface area contributed by atoms with Crippen LogP contribution in [0.25, 0.3) is 0 Å². The van der Waals surface area contributed by atoms with Gasteiger partial charge in [-0.3, -0.25) is 0 Å². The molecule has 0 aromatic carbocycles. The summed E-state index contributed by atoms with van der Waals surface area (Å²) >= 11 is 0. The van der Waals surface area contributed by atoms with E-state index in [4.69, 9.17) is 0 Å². The maximum Gasteiger partial charge on any atom is 0.0584 e. The molecular weight excluding hydrogens is 186 g/mol. The van der Waals surface area contributed by atoms with Crippen LogP contribution in [-0.2, 0) is 0 Å². The average molecular weight is 213 g/mol. The quantitative estimate of drug-likeness (QED) is 0.688. The highest BCUT2D eigenvalue weighted by Gasteiger charge is 2.17. The van der Waals surface area contributed by atoms with Crippen LogP contribution in [0.4, 0.5) is 0 Å². The van der Waals surface area contributed by atoms with Gasteiger partial charge >= 0.3 is 0 Å². The molecular formula is C13H27NO. The van der Waals surface area contributed by atoms with Gasteiger partial charge in [0.05, 0.1) is 6.61 Å². The fourth-order valence-corrected chi connectivity index (χ4v) is 2.54. The lowest BCUT2D eigenvalue weighted by molar-refractivity contribution is 0.208. The molecule has 1 atom stereocenters. The molecule has 2 N–H and O–H groups in total. The van der Waals surface area contributed by atoms with Crippen molar-refractivity contribution in [1.29, 1.82) is 0 Å². The number of nitrogens with one attached hydrogen (secondary N) is 1. The van der Waals surface area contributed by atoms with Crippen LogP contribution >= 0.6 is 0 Å². The average Bonchev–Trinajstić information content (AvgIpc) is 2.44. The lowest BCUT2D eigenvalue weighted by Gasteiger charge is -2.24. The summed E-state index contributed by atoms with van der Waals surface area (Å²) in [6, 6.07) is 0.969. The molecule has 0 aromatic heterocycles. The molecule has 2 nitrogen and oxygen atoms in total. The first kappa shape index (κ1) is 13.0. The number of hydrogen-bond donors (Lipinski definition) is 2. The molecule has 0 heterocycles. The fourth-order valence-electron chi connectivity index (χ4n) is 2.54. The fraction of sp³-hybridized carbons (Fsp3) is 1.00. The van der Waals surface area contributed by atoms with Crippen molar-refractivity contribution in [3.8, 4) is 0 Å². The zero-order valence-electron chi connectivity index (χ0n) is 10.3. The van der Waals surface area contributed by atoms with E-state index in [0.717, 1.165) is 6.42 Å². The number of rotatable bonds is 5. The summed E-state index contributed by atoms with van der Waals surface area (Å²) < 4.78 is 0. The standard InChI is InChI=1S/C13H27NO/c1-11(2)9-13(10-15)14-12-7-5-3-4-6-8-12/h11-15H,3-10H2,1-2H3/t13-/m0/s1. The monoisotopic (exact) mass is 213 g/mol. The molecule has 0 amide bonds. The zero-order valence-corrected chi connectivity index (χ0v) is 10.3. The molecule has 1 aliphatic carbocycles.